The number of unbranched alkanes of at least 4 members (excludes halogenated alkanes) is 2. The first kappa shape index (κ1) is 30.3. The summed E-state index contributed by atoms with van der Waals surface area (Å²) in [6.45, 7) is 2.32. The van der Waals surface area contributed by atoms with Gasteiger partial charge in [0, 0.05) is 52.1 Å². The molecule has 0 saturated carbocycles. The van der Waals surface area contributed by atoms with Crippen molar-refractivity contribution in [1.82, 2.24) is 20.0 Å². The van der Waals surface area contributed by atoms with Crippen LogP contribution in [0.5, 0.6) is 0 Å². The number of rotatable bonds is 11. The summed E-state index contributed by atoms with van der Waals surface area (Å²) in [5.74, 6) is 0. The van der Waals surface area contributed by atoms with Crippen LogP contribution in [0.15, 0.2) is 121 Å². The second-order valence-corrected chi connectivity index (χ2v) is 12.7. The Balaban J connectivity index is 0.972. The highest BCUT2D eigenvalue weighted by molar-refractivity contribution is 6.10. The first-order valence-electron chi connectivity index (χ1n) is 17.0. The van der Waals surface area contributed by atoms with E-state index in [0.717, 1.165) is 101 Å². The molecule has 0 radical (unpaired) electrons. The Morgan fingerprint density at radius 2 is 1.35 bits per heavy atom. The Kier molecular flexibility index (Phi) is 8.19. The smallest absolute Gasteiger partial charge is 0.220 e. The molecule has 8 heteroatoms. The Morgan fingerprint density at radius 1 is 0.653 bits per heavy atom. The Labute approximate surface area is 285 Å². The topological polar surface area (TPSA) is 112 Å². The number of anilines is 3. The van der Waals surface area contributed by atoms with Gasteiger partial charge in [0.15, 0.2) is 0 Å². The van der Waals surface area contributed by atoms with Crippen molar-refractivity contribution in [3.05, 3.63) is 127 Å². The molecule has 8 nitrogen and oxygen atoms in total. The van der Waals surface area contributed by atoms with E-state index in [1.807, 2.05) is 35.1 Å². The number of nitrogen functional groups attached to an aromatic ring is 2. The maximum Gasteiger partial charge on any atom is 0.220 e. The van der Waals surface area contributed by atoms with Crippen LogP contribution < -0.4 is 21.4 Å². The van der Waals surface area contributed by atoms with E-state index in [1.165, 1.54) is 22.0 Å². The second-order valence-electron chi connectivity index (χ2n) is 12.7. The molecule has 0 amide bonds. The molecular formula is C41H39N8+. The molecule has 5 N–H and O–H groups in total. The van der Waals surface area contributed by atoms with Crippen LogP contribution in [-0.2, 0) is 19.5 Å². The van der Waals surface area contributed by atoms with Crippen molar-refractivity contribution in [1.29, 1.82) is 0 Å². The highest BCUT2D eigenvalue weighted by Crippen LogP contribution is 2.34. The number of nitrogens with one attached hydrogen (secondary N) is 1. The van der Waals surface area contributed by atoms with Crippen LogP contribution in [0.25, 0.3) is 54.7 Å². The third-order valence-corrected chi connectivity index (χ3v) is 9.44. The lowest BCUT2D eigenvalue weighted by molar-refractivity contribution is -0.659. The molecule has 0 spiro atoms. The molecule has 49 heavy (non-hydrogen) atoms. The molecule has 0 aliphatic rings. The first-order valence-corrected chi connectivity index (χ1v) is 17.0. The highest BCUT2D eigenvalue weighted by Gasteiger charge is 2.23. The van der Waals surface area contributed by atoms with Crippen LogP contribution in [0.1, 0.15) is 25.0 Å². The molecule has 242 valence electrons. The SMILES string of the molecule is Nc1ccc2c(c1)c(-c1ccccc1)[n+](CCCCCc1cnnn1CCNc1c3ccccc3nc3ccccc13)c1cc(N)ccc21. The standard InChI is InChI=1S/C41H38N8/c42-29-18-20-32-33-21-19-30(43)26-39(33)48(41(36(32)25-29)28-11-3-1-4-12-28)23-10-2-5-13-31-27-45-47-49(31)24-22-44-40-34-14-6-8-16-37(34)46-38-17-9-7-15-35(38)40/h1,3-4,6-9,11-12,14-21,25-27,43H,2,5,10,13,22-24,42H2,(H,44,46)/p+1. The van der Waals surface area contributed by atoms with Gasteiger partial charge in [-0.15, -0.1) is 5.10 Å². The highest BCUT2D eigenvalue weighted by atomic mass is 15.4. The van der Waals surface area contributed by atoms with Gasteiger partial charge in [-0.2, -0.15) is 4.57 Å². The maximum atomic E-state index is 6.36. The van der Waals surface area contributed by atoms with E-state index in [4.69, 9.17) is 16.5 Å². The van der Waals surface area contributed by atoms with Crippen LogP contribution >= 0.6 is 0 Å². The first-order chi connectivity index (χ1) is 24.1. The summed E-state index contributed by atoms with van der Waals surface area (Å²) in [4.78, 5) is 4.85. The Morgan fingerprint density at radius 3 is 2.12 bits per heavy atom. The Bertz CT molecular complexity index is 2380. The zero-order chi connectivity index (χ0) is 33.2. The number of hydrogen-bond donors (Lipinski definition) is 3. The molecule has 0 aliphatic heterocycles. The number of pyridine rings is 2. The minimum atomic E-state index is 0.726. The van der Waals surface area contributed by atoms with Gasteiger partial charge in [-0.1, -0.05) is 65.9 Å². The van der Waals surface area contributed by atoms with Gasteiger partial charge in [0.1, 0.15) is 6.54 Å². The fourth-order valence-electron chi connectivity index (χ4n) is 7.13. The molecule has 3 heterocycles. The normalized spacial score (nSPS) is 11.6. The van der Waals surface area contributed by atoms with Crippen molar-refractivity contribution < 1.29 is 4.57 Å². The van der Waals surface area contributed by atoms with Crippen molar-refractivity contribution in [2.45, 2.75) is 38.8 Å². The molecule has 5 aromatic carbocycles. The van der Waals surface area contributed by atoms with Crippen LogP contribution in [0.3, 0.4) is 0 Å². The van der Waals surface area contributed by atoms with E-state index in [1.54, 1.807) is 0 Å². The molecule has 0 unspecified atom stereocenters. The minimum absolute atomic E-state index is 0.726. The van der Waals surface area contributed by atoms with Gasteiger partial charge < -0.3 is 16.8 Å². The summed E-state index contributed by atoms with van der Waals surface area (Å²) < 4.78 is 4.47. The molecule has 0 fully saturated rings. The fourth-order valence-corrected chi connectivity index (χ4v) is 7.13. The minimum Gasteiger partial charge on any atom is -0.399 e. The third kappa shape index (κ3) is 5.97. The molecule has 0 aliphatic carbocycles. The van der Waals surface area contributed by atoms with Gasteiger partial charge >= 0.3 is 0 Å². The predicted octanol–water partition coefficient (Wildman–Crippen LogP) is 7.93. The van der Waals surface area contributed by atoms with Gasteiger partial charge in [-0.3, -0.25) is 0 Å². The van der Waals surface area contributed by atoms with Crippen molar-refractivity contribution >= 4 is 60.5 Å². The lowest BCUT2D eigenvalue weighted by atomic mass is 9.98. The number of nitrogens with zero attached hydrogens (tertiary/aromatic N) is 5. The van der Waals surface area contributed by atoms with Crippen molar-refractivity contribution in [2.24, 2.45) is 0 Å². The van der Waals surface area contributed by atoms with E-state index >= 15 is 0 Å². The number of para-hydroxylation sites is 2. The van der Waals surface area contributed by atoms with Gasteiger partial charge in [0.05, 0.1) is 45.9 Å². The summed E-state index contributed by atoms with van der Waals surface area (Å²) in [5, 5.41) is 18.2. The zero-order valence-electron chi connectivity index (χ0n) is 27.4. The zero-order valence-corrected chi connectivity index (χ0v) is 27.4. The average Bonchev–Trinajstić information content (AvgIpc) is 3.58. The molecule has 0 atom stereocenters. The molecular weight excluding hydrogens is 605 g/mol. The summed E-state index contributed by atoms with van der Waals surface area (Å²) in [7, 11) is 0. The van der Waals surface area contributed by atoms with E-state index in [9.17, 15) is 0 Å². The number of aromatic nitrogens is 5. The number of aryl methyl sites for hydroxylation is 2. The van der Waals surface area contributed by atoms with Crippen LogP contribution in [-0.4, -0.2) is 26.5 Å². The molecule has 0 saturated heterocycles. The lowest BCUT2D eigenvalue weighted by Gasteiger charge is -2.14. The average molecular weight is 644 g/mol. The van der Waals surface area contributed by atoms with Crippen molar-refractivity contribution in [3.63, 3.8) is 0 Å². The second kappa shape index (κ2) is 13.2. The van der Waals surface area contributed by atoms with Crippen molar-refractivity contribution in [2.75, 3.05) is 23.3 Å². The maximum absolute atomic E-state index is 6.36. The summed E-state index contributed by atoms with van der Waals surface area (Å²) in [6, 6.07) is 39.6. The van der Waals surface area contributed by atoms with E-state index in [0.29, 0.717) is 0 Å². The third-order valence-electron chi connectivity index (χ3n) is 9.44. The number of fused-ring (bicyclic) bond motifs is 5. The van der Waals surface area contributed by atoms with Crippen molar-refractivity contribution in [3.8, 4) is 11.3 Å². The van der Waals surface area contributed by atoms with E-state index < -0.39 is 0 Å². The van der Waals surface area contributed by atoms with Gasteiger partial charge in [-0.05, 0) is 67.8 Å². The monoisotopic (exact) mass is 643 g/mol. The quantitative estimate of drug-likeness (QED) is 0.0434. The number of benzene rings is 5. The molecule has 8 rings (SSSR count). The lowest BCUT2D eigenvalue weighted by Crippen LogP contribution is -2.37. The van der Waals surface area contributed by atoms with Crippen LogP contribution in [0.2, 0.25) is 0 Å². The largest absolute Gasteiger partial charge is 0.399 e. The molecule has 8 aromatic rings. The van der Waals surface area contributed by atoms with Crippen LogP contribution in [0.4, 0.5) is 17.1 Å². The summed E-state index contributed by atoms with van der Waals surface area (Å²) in [6.07, 6.45) is 5.96. The molecule has 0 bridgehead atoms. The summed E-state index contributed by atoms with van der Waals surface area (Å²) in [5.41, 5.74) is 21.9. The fraction of sp³-hybridized carbons (Fsp3) is 0.171. The number of hydrogen-bond acceptors (Lipinski definition) is 6. The molecule has 3 aromatic heterocycles. The predicted molar refractivity (Wildman–Crippen MR) is 201 cm³/mol. The van der Waals surface area contributed by atoms with Crippen LogP contribution in [0, 0.1) is 0 Å². The summed E-state index contributed by atoms with van der Waals surface area (Å²) >= 11 is 0. The van der Waals surface area contributed by atoms with Gasteiger partial charge in [0.25, 0.3) is 0 Å². The van der Waals surface area contributed by atoms with E-state index in [-0.39, 0.29) is 0 Å². The van der Waals surface area contributed by atoms with Gasteiger partial charge in [0.2, 0.25) is 11.2 Å². The number of nitrogens with two attached hydrogens (primary N) is 2. The van der Waals surface area contributed by atoms with Gasteiger partial charge in [-0.25, -0.2) is 9.67 Å². The Hall–Kier alpha value is -6.02. The van der Waals surface area contributed by atoms with E-state index in [2.05, 4.69) is 111 Å².